The van der Waals surface area contributed by atoms with Gasteiger partial charge in [-0.05, 0) is 34.0 Å². The van der Waals surface area contributed by atoms with Crippen molar-refractivity contribution in [3.05, 3.63) is 82.2 Å². The molecule has 1 amide bonds. The summed E-state index contributed by atoms with van der Waals surface area (Å²) >= 11 is 3.58. The first kappa shape index (κ1) is 18.1. The molecule has 2 aliphatic heterocycles. The summed E-state index contributed by atoms with van der Waals surface area (Å²) in [5.41, 5.74) is 2.77. The third kappa shape index (κ3) is 2.97. The van der Waals surface area contributed by atoms with Gasteiger partial charge in [0.1, 0.15) is 5.82 Å². The predicted molar refractivity (Wildman–Crippen MR) is 116 cm³/mol. The first-order valence-electron chi connectivity index (χ1n) is 9.69. The van der Waals surface area contributed by atoms with Crippen molar-refractivity contribution >= 4 is 33.6 Å². The van der Waals surface area contributed by atoms with Crippen LogP contribution in [0.15, 0.2) is 70.4 Å². The molecule has 1 aromatic heterocycles. The molecule has 0 bridgehead atoms. The van der Waals surface area contributed by atoms with Gasteiger partial charge in [0.2, 0.25) is 5.96 Å². The number of benzene rings is 2. The molecule has 1 atom stereocenters. The Hall–Kier alpha value is -2.93. The first-order chi connectivity index (χ1) is 14.2. The first-order valence-corrected chi connectivity index (χ1v) is 10.5. The zero-order chi connectivity index (χ0) is 20.0. The number of hydrogen-bond acceptors (Lipinski definition) is 4. The lowest BCUT2D eigenvalue weighted by Crippen LogP contribution is -2.50. The molecule has 2 aromatic carbocycles. The van der Waals surface area contributed by atoms with Gasteiger partial charge in [0, 0.05) is 6.54 Å². The summed E-state index contributed by atoms with van der Waals surface area (Å²) in [5, 5.41) is 0. The Morgan fingerprint density at radius 3 is 2.45 bits per heavy atom. The maximum atomic E-state index is 13.2. The Labute approximate surface area is 177 Å². The van der Waals surface area contributed by atoms with E-state index < -0.39 is 0 Å². The number of amides is 1. The smallest absolute Gasteiger partial charge is 0.283 e. The zero-order valence-electron chi connectivity index (χ0n) is 16.0. The van der Waals surface area contributed by atoms with E-state index in [1.807, 2.05) is 43.3 Å². The lowest BCUT2D eigenvalue weighted by molar-refractivity contribution is 0.0841. The SMILES string of the molecule is CCN1C(=O)c2nc(Br)n(Cc3ccccc3)c2N2CC(c3ccccc3)N=C12. The number of aliphatic imine (C=N–C) groups is 1. The minimum Gasteiger partial charge on any atom is -0.300 e. The van der Waals surface area contributed by atoms with Gasteiger partial charge in [0.25, 0.3) is 5.91 Å². The van der Waals surface area contributed by atoms with Crippen molar-refractivity contribution in [2.24, 2.45) is 4.99 Å². The maximum Gasteiger partial charge on any atom is 0.283 e. The second-order valence-corrected chi connectivity index (χ2v) is 7.85. The molecule has 1 unspecified atom stereocenters. The lowest BCUT2D eigenvalue weighted by Gasteiger charge is -2.33. The molecular weight excluding hydrogens is 430 g/mol. The van der Waals surface area contributed by atoms with E-state index >= 15 is 0 Å². The number of fused-ring (bicyclic) bond motifs is 3. The highest BCUT2D eigenvalue weighted by Gasteiger charge is 2.43. The van der Waals surface area contributed by atoms with Crippen LogP contribution in [0.1, 0.15) is 34.6 Å². The van der Waals surface area contributed by atoms with Gasteiger partial charge in [-0.2, -0.15) is 0 Å². The molecule has 2 aliphatic rings. The van der Waals surface area contributed by atoms with Gasteiger partial charge in [-0.3, -0.25) is 19.2 Å². The molecule has 7 heteroatoms. The second kappa shape index (κ2) is 7.15. The van der Waals surface area contributed by atoms with E-state index in [0.717, 1.165) is 16.9 Å². The minimum absolute atomic E-state index is 0.0159. The third-order valence-electron chi connectivity index (χ3n) is 5.39. The largest absolute Gasteiger partial charge is 0.300 e. The molecule has 0 saturated carbocycles. The van der Waals surface area contributed by atoms with Crippen molar-refractivity contribution in [1.29, 1.82) is 0 Å². The number of carbonyl (C=O) groups excluding carboxylic acids is 1. The Bertz CT molecular complexity index is 1090. The summed E-state index contributed by atoms with van der Waals surface area (Å²) in [6.07, 6.45) is 0. The number of guanidine groups is 1. The summed E-state index contributed by atoms with van der Waals surface area (Å²) in [6, 6.07) is 20.4. The van der Waals surface area contributed by atoms with Gasteiger partial charge in [-0.1, -0.05) is 60.7 Å². The molecule has 0 N–H and O–H groups in total. The number of rotatable bonds is 4. The fourth-order valence-corrected chi connectivity index (χ4v) is 4.47. The van der Waals surface area contributed by atoms with Crippen molar-refractivity contribution in [1.82, 2.24) is 14.5 Å². The topological polar surface area (TPSA) is 53.7 Å². The van der Waals surface area contributed by atoms with Gasteiger partial charge in [0.15, 0.2) is 10.4 Å². The molecule has 5 rings (SSSR count). The number of imidazole rings is 1. The number of nitrogens with zero attached hydrogens (tertiary/aromatic N) is 5. The highest BCUT2D eigenvalue weighted by molar-refractivity contribution is 9.10. The van der Waals surface area contributed by atoms with Crippen LogP contribution in [0, 0.1) is 0 Å². The average molecular weight is 450 g/mol. The molecular formula is C22H20BrN5O. The Kier molecular flexibility index (Phi) is 4.47. The molecule has 0 fully saturated rings. The van der Waals surface area contributed by atoms with Crippen LogP contribution < -0.4 is 4.90 Å². The van der Waals surface area contributed by atoms with Crippen LogP contribution in [0.5, 0.6) is 0 Å². The van der Waals surface area contributed by atoms with Crippen molar-refractivity contribution in [3.63, 3.8) is 0 Å². The van der Waals surface area contributed by atoms with E-state index in [4.69, 9.17) is 4.99 Å². The van der Waals surface area contributed by atoms with Crippen LogP contribution in [-0.4, -0.2) is 39.4 Å². The van der Waals surface area contributed by atoms with Crippen molar-refractivity contribution < 1.29 is 4.79 Å². The van der Waals surface area contributed by atoms with E-state index in [9.17, 15) is 4.79 Å². The maximum absolute atomic E-state index is 13.2. The van der Waals surface area contributed by atoms with Crippen molar-refractivity contribution in [2.75, 3.05) is 18.0 Å². The predicted octanol–water partition coefficient (Wildman–Crippen LogP) is 4.09. The standard InChI is InChI=1S/C22H20BrN5O/c1-2-26-20(29)18-19(27(21(23)25-18)13-15-9-5-3-6-10-15)28-14-17(24-22(26)28)16-11-7-4-8-12-16/h3-12,17H,2,13-14H2,1H3. The molecule has 3 aromatic rings. The Morgan fingerprint density at radius 2 is 1.76 bits per heavy atom. The molecule has 29 heavy (non-hydrogen) atoms. The number of anilines is 1. The van der Waals surface area contributed by atoms with E-state index in [0.29, 0.717) is 36.0 Å². The monoisotopic (exact) mass is 449 g/mol. The van der Waals surface area contributed by atoms with Crippen LogP contribution >= 0.6 is 15.9 Å². The van der Waals surface area contributed by atoms with Crippen molar-refractivity contribution in [3.8, 4) is 0 Å². The van der Waals surface area contributed by atoms with Crippen LogP contribution in [0.4, 0.5) is 5.82 Å². The van der Waals surface area contributed by atoms with Crippen molar-refractivity contribution in [2.45, 2.75) is 19.5 Å². The number of carbonyl (C=O) groups is 1. The lowest BCUT2D eigenvalue weighted by atomic mass is 10.1. The Morgan fingerprint density at radius 1 is 1.07 bits per heavy atom. The quantitative estimate of drug-likeness (QED) is 0.602. The normalized spacial score (nSPS) is 17.9. The van der Waals surface area contributed by atoms with Gasteiger partial charge < -0.3 is 0 Å². The molecule has 0 saturated heterocycles. The molecule has 0 spiro atoms. The highest BCUT2D eigenvalue weighted by atomic mass is 79.9. The van der Waals surface area contributed by atoms with Gasteiger partial charge in [-0.15, -0.1) is 0 Å². The van der Waals surface area contributed by atoms with E-state index in [1.165, 1.54) is 0 Å². The summed E-state index contributed by atoms with van der Waals surface area (Å²) < 4.78 is 2.71. The number of aromatic nitrogens is 2. The zero-order valence-corrected chi connectivity index (χ0v) is 17.6. The number of halogens is 1. The van der Waals surface area contributed by atoms with Gasteiger partial charge in [0.05, 0.1) is 19.1 Å². The Balaban J connectivity index is 1.60. The summed E-state index contributed by atoms with van der Waals surface area (Å²) in [6.45, 7) is 3.83. The average Bonchev–Trinajstić information content (AvgIpc) is 3.32. The minimum atomic E-state index is -0.0984. The second-order valence-electron chi connectivity index (χ2n) is 7.14. The molecule has 6 nitrogen and oxygen atoms in total. The molecule has 0 radical (unpaired) electrons. The van der Waals surface area contributed by atoms with Gasteiger partial charge in [-0.25, -0.2) is 9.98 Å². The van der Waals surface area contributed by atoms with Crippen LogP contribution in [0.25, 0.3) is 0 Å². The molecule has 3 heterocycles. The molecule has 146 valence electrons. The summed E-state index contributed by atoms with van der Waals surface area (Å²) in [4.78, 5) is 26.5. The third-order valence-corrected chi connectivity index (χ3v) is 6.00. The fraction of sp³-hybridized carbons (Fsp3) is 0.227. The summed E-state index contributed by atoms with van der Waals surface area (Å²) in [7, 11) is 0. The van der Waals surface area contributed by atoms with Crippen LogP contribution in [0.3, 0.4) is 0 Å². The molecule has 0 aliphatic carbocycles. The highest BCUT2D eigenvalue weighted by Crippen LogP contribution is 2.38. The van der Waals surface area contributed by atoms with Crippen LogP contribution in [0.2, 0.25) is 0 Å². The van der Waals surface area contributed by atoms with E-state index in [-0.39, 0.29) is 11.9 Å². The van der Waals surface area contributed by atoms with E-state index in [1.54, 1.807) is 4.90 Å². The number of hydrogen-bond donors (Lipinski definition) is 0. The summed E-state index contributed by atoms with van der Waals surface area (Å²) in [5.74, 6) is 1.42. The van der Waals surface area contributed by atoms with E-state index in [2.05, 4.69) is 54.6 Å². The van der Waals surface area contributed by atoms with Gasteiger partial charge >= 0.3 is 0 Å². The van der Waals surface area contributed by atoms with Crippen LogP contribution in [-0.2, 0) is 6.54 Å². The fourth-order valence-electron chi connectivity index (χ4n) is 4.00.